The van der Waals surface area contributed by atoms with E-state index in [2.05, 4.69) is 15.4 Å². The molecule has 7 nitrogen and oxygen atoms in total. The Morgan fingerprint density at radius 2 is 1.95 bits per heavy atom. The predicted octanol–water partition coefficient (Wildman–Crippen LogP) is 0.971. The smallest absolute Gasteiger partial charge is 0.337 e. The van der Waals surface area contributed by atoms with Gasteiger partial charge in [0.2, 0.25) is 11.9 Å². The van der Waals surface area contributed by atoms with Crippen molar-refractivity contribution in [3.63, 3.8) is 0 Å². The molecule has 1 aromatic carbocycles. The number of benzene rings is 1. The van der Waals surface area contributed by atoms with Gasteiger partial charge in [0.25, 0.3) is 5.91 Å². The van der Waals surface area contributed by atoms with E-state index < -0.39 is 17.7 Å². The minimum atomic E-state index is -0.922. The summed E-state index contributed by atoms with van der Waals surface area (Å²) >= 11 is 0. The molecule has 0 saturated carbocycles. The first-order valence-electron chi connectivity index (χ1n) is 6.03. The lowest BCUT2D eigenvalue weighted by molar-refractivity contribution is -0.117. The highest BCUT2D eigenvalue weighted by molar-refractivity contribution is 6.14. The maximum atomic E-state index is 12.4. The molecule has 1 N–H and O–H groups in total. The normalized spacial score (nSPS) is 17.6. The molecule has 0 fully saturated rings. The predicted molar refractivity (Wildman–Crippen MR) is 69.8 cm³/mol. The fourth-order valence-electron chi connectivity index (χ4n) is 2.08. The second kappa shape index (κ2) is 4.44. The number of hydrogen-bond acceptors (Lipinski definition) is 5. The van der Waals surface area contributed by atoms with Crippen LogP contribution < -0.4 is 10.1 Å². The van der Waals surface area contributed by atoms with Crippen LogP contribution in [0.5, 0.6) is 6.01 Å². The van der Waals surface area contributed by atoms with Gasteiger partial charge in [0.05, 0.1) is 7.11 Å². The summed E-state index contributed by atoms with van der Waals surface area (Å²) in [6, 6.07) is 7.27. The van der Waals surface area contributed by atoms with Crippen LogP contribution >= 0.6 is 0 Å². The number of nitrogens with zero attached hydrogens (tertiary/aromatic N) is 3. The van der Waals surface area contributed by atoms with Crippen LogP contribution in [0.1, 0.15) is 21.8 Å². The Bertz CT molecular complexity index is 690. The molecule has 0 radical (unpaired) electrons. The lowest BCUT2D eigenvalue weighted by Crippen LogP contribution is -2.38. The lowest BCUT2D eigenvalue weighted by Gasteiger charge is -2.20. The molecule has 20 heavy (non-hydrogen) atoms. The molecule has 1 atom stereocenters. The molecule has 1 aliphatic rings. The Hall–Kier alpha value is -2.70. The Balaban J connectivity index is 2.03. The van der Waals surface area contributed by atoms with Gasteiger partial charge in [0.1, 0.15) is 5.92 Å². The highest BCUT2D eigenvalue weighted by Gasteiger charge is 2.37. The summed E-state index contributed by atoms with van der Waals surface area (Å²) in [5.74, 6) is -1.69. The van der Waals surface area contributed by atoms with Crippen molar-refractivity contribution in [3.05, 3.63) is 35.4 Å². The molecule has 1 aliphatic heterocycles. The number of hydrogen-bond donors (Lipinski definition) is 1. The zero-order chi connectivity index (χ0) is 14.3. The first kappa shape index (κ1) is 12.3. The summed E-state index contributed by atoms with van der Waals surface area (Å²) in [6.07, 6.45) is 0. The molecule has 2 heterocycles. The van der Waals surface area contributed by atoms with Gasteiger partial charge in [-0.25, -0.2) is 0 Å². The van der Waals surface area contributed by atoms with Crippen LogP contribution in [0.15, 0.2) is 24.3 Å². The Kier molecular flexibility index (Phi) is 2.74. The summed E-state index contributed by atoms with van der Waals surface area (Å²) in [6.45, 7) is 1.94. The number of aryl methyl sites for hydroxylation is 1. The van der Waals surface area contributed by atoms with Crippen molar-refractivity contribution < 1.29 is 14.3 Å². The molecular formula is C13H12N4O3. The van der Waals surface area contributed by atoms with E-state index in [1.807, 2.05) is 19.1 Å². The quantitative estimate of drug-likeness (QED) is 0.823. The van der Waals surface area contributed by atoms with Crippen LogP contribution in [0.25, 0.3) is 0 Å². The number of fused-ring (bicyclic) bond motifs is 1. The molecular weight excluding hydrogens is 260 g/mol. The van der Waals surface area contributed by atoms with Gasteiger partial charge in [-0.1, -0.05) is 29.8 Å². The minimum Gasteiger partial charge on any atom is -0.466 e. The number of rotatable bonds is 2. The maximum absolute atomic E-state index is 12.4. The van der Waals surface area contributed by atoms with Crippen LogP contribution in [-0.2, 0) is 4.79 Å². The van der Waals surface area contributed by atoms with Gasteiger partial charge >= 0.3 is 6.01 Å². The van der Waals surface area contributed by atoms with Crippen molar-refractivity contribution in [2.75, 3.05) is 12.4 Å². The van der Waals surface area contributed by atoms with Gasteiger partial charge < -0.3 is 4.74 Å². The SMILES string of the molecule is COc1nc2n(n1)C(=O)C(c1ccc(C)cc1)C(=O)N2. The second-order valence-corrected chi connectivity index (χ2v) is 4.51. The molecule has 0 saturated heterocycles. The number of amides is 1. The third-order valence-electron chi connectivity index (χ3n) is 3.13. The molecule has 1 aromatic heterocycles. The van der Waals surface area contributed by atoms with E-state index in [0.29, 0.717) is 5.56 Å². The van der Waals surface area contributed by atoms with Crippen molar-refractivity contribution >= 4 is 17.8 Å². The zero-order valence-electron chi connectivity index (χ0n) is 11.0. The van der Waals surface area contributed by atoms with Crippen molar-refractivity contribution in [1.29, 1.82) is 0 Å². The fraction of sp³-hybridized carbons (Fsp3) is 0.231. The van der Waals surface area contributed by atoms with Gasteiger partial charge in [-0.15, -0.1) is 5.10 Å². The Morgan fingerprint density at radius 3 is 2.60 bits per heavy atom. The van der Waals surface area contributed by atoms with E-state index in [0.717, 1.165) is 10.2 Å². The van der Waals surface area contributed by atoms with E-state index in [1.165, 1.54) is 7.11 Å². The van der Waals surface area contributed by atoms with Gasteiger partial charge in [-0.2, -0.15) is 9.67 Å². The molecule has 7 heteroatoms. The van der Waals surface area contributed by atoms with E-state index >= 15 is 0 Å². The zero-order valence-corrected chi connectivity index (χ0v) is 11.0. The molecule has 0 bridgehead atoms. The molecule has 1 amide bonds. The van der Waals surface area contributed by atoms with Gasteiger partial charge in [-0.05, 0) is 12.5 Å². The van der Waals surface area contributed by atoms with Crippen molar-refractivity contribution in [3.8, 4) is 6.01 Å². The summed E-state index contributed by atoms with van der Waals surface area (Å²) in [7, 11) is 1.39. The summed E-state index contributed by atoms with van der Waals surface area (Å²) in [5, 5.41) is 6.45. The average molecular weight is 272 g/mol. The Labute approximate surface area is 114 Å². The summed E-state index contributed by atoms with van der Waals surface area (Å²) < 4.78 is 5.92. The second-order valence-electron chi connectivity index (χ2n) is 4.51. The van der Waals surface area contributed by atoms with E-state index in [4.69, 9.17) is 4.74 Å². The summed E-state index contributed by atoms with van der Waals surface area (Å²) in [4.78, 5) is 28.4. The summed E-state index contributed by atoms with van der Waals surface area (Å²) in [5.41, 5.74) is 1.68. The largest absolute Gasteiger partial charge is 0.466 e. The first-order valence-corrected chi connectivity index (χ1v) is 6.03. The van der Waals surface area contributed by atoms with Crippen LogP contribution in [-0.4, -0.2) is 33.7 Å². The van der Waals surface area contributed by atoms with Crippen LogP contribution in [0.4, 0.5) is 5.95 Å². The number of nitrogens with one attached hydrogen (secondary N) is 1. The van der Waals surface area contributed by atoms with E-state index in [-0.39, 0.29) is 12.0 Å². The minimum absolute atomic E-state index is 0.0400. The third kappa shape index (κ3) is 1.83. The molecule has 2 aromatic rings. The monoisotopic (exact) mass is 272 g/mol. The highest BCUT2D eigenvalue weighted by atomic mass is 16.5. The molecule has 0 aliphatic carbocycles. The number of methoxy groups -OCH3 is 1. The number of carbonyl (C=O) groups is 2. The van der Waals surface area contributed by atoms with Crippen LogP contribution in [0, 0.1) is 6.92 Å². The van der Waals surface area contributed by atoms with Crippen molar-refractivity contribution in [1.82, 2.24) is 14.8 Å². The van der Waals surface area contributed by atoms with Crippen molar-refractivity contribution in [2.45, 2.75) is 12.8 Å². The van der Waals surface area contributed by atoms with Gasteiger partial charge in [0.15, 0.2) is 0 Å². The number of anilines is 1. The molecule has 102 valence electrons. The van der Waals surface area contributed by atoms with Crippen LogP contribution in [0.2, 0.25) is 0 Å². The van der Waals surface area contributed by atoms with Gasteiger partial charge in [0, 0.05) is 0 Å². The lowest BCUT2D eigenvalue weighted by atomic mass is 9.95. The van der Waals surface area contributed by atoms with Crippen LogP contribution in [0.3, 0.4) is 0 Å². The third-order valence-corrected chi connectivity index (χ3v) is 3.13. The molecule has 0 spiro atoms. The van der Waals surface area contributed by atoms with Crippen molar-refractivity contribution in [2.24, 2.45) is 0 Å². The topological polar surface area (TPSA) is 86.1 Å². The van der Waals surface area contributed by atoms with E-state index in [9.17, 15) is 9.59 Å². The van der Waals surface area contributed by atoms with Gasteiger partial charge in [-0.3, -0.25) is 14.9 Å². The average Bonchev–Trinajstić information content (AvgIpc) is 2.84. The highest BCUT2D eigenvalue weighted by Crippen LogP contribution is 2.26. The first-order chi connectivity index (χ1) is 9.60. The Morgan fingerprint density at radius 1 is 1.25 bits per heavy atom. The fourth-order valence-corrected chi connectivity index (χ4v) is 2.08. The number of aromatic nitrogens is 3. The van der Waals surface area contributed by atoms with E-state index in [1.54, 1.807) is 12.1 Å². The number of carbonyl (C=O) groups excluding carboxylic acids is 2. The molecule has 3 rings (SSSR count). The molecule has 1 unspecified atom stereocenters. The maximum Gasteiger partial charge on any atom is 0.337 e. The number of ether oxygens (including phenoxy) is 1. The standard InChI is InChI=1S/C13H12N4O3/c1-7-3-5-8(6-4-7)9-10(18)14-12-15-13(20-2)16-17(12)11(9)19/h3-6,9H,1-2H3,(H,14,15,16,18).